The van der Waals surface area contributed by atoms with Crippen molar-refractivity contribution in [2.45, 2.75) is 31.9 Å². The first-order valence-electron chi connectivity index (χ1n) is 10.7. The Morgan fingerprint density at radius 1 is 0.973 bits per heavy atom. The molecule has 1 atom stereocenters. The highest BCUT2D eigenvalue weighted by molar-refractivity contribution is 6.30. The molecule has 5 nitrogen and oxygen atoms in total. The molecule has 0 spiro atoms. The minimum absolute atomic E-state index is 0.0248. The SMILES string of the molecule is CC1Oc2ccc(NC(=O)c3cc(C(F)(F)F)cc(C(F)(F)F)c3)cc2N(Cc2cccc(Cl)c2)C1=O. The number of carbonyl (C=O) groups excluding carboxylic acids is 2. The summed E-state index contributed by atoms with van der Waals surface area (Å²) in [6.45, 7) is 1.65. The zero-order valence-corrected chi connectivity index (χ0v) is 19.6. The van der Waals surface area contributed by atoms with Gasteiger partial charge in [-0.15, -0.1) is 0 Å². The van der Waals surface area contributed by atoms with Gasteiger partial charge in [0.1, 0.15) is 5.75 Å². The van der Waals surface area contributed by atoms with Crippen molar-refractivity contribution in [2.75, 3.05) is 10.2 Å². The number of nitrogens with zero attached hydrogens (tertiary/aromatic N) is 1. The lowest BCUT2D eigenvalue weighted by Crippen LogP contribution is -2.44. The van der Waals surface area contributed by atoms with Crippen molar-refractivity contribution >= 4 is 34.8 Å². The minimum Gasteiger partial charge on any atom is -0.479 e. The maximum Gasteiger partial charge on any atom is 0.416 e. The van der Waals surface area contributed by atoms with Crippen LogP contribution in [-0.4, -0.2) is 17.9 Å². The van der Waals surface area contributed by atoms with Crippen molar-refractivity contribution in [1.82, 2.24) is 0 Å². The lowest BCUT2D eigenvalue weighted by molar-refractivity contribution is -0.143. The van der Waals surface area contributed by atoms with E-state index in [4.69, 9.17) is 16.3 Å². The largest absolute Gasteiger partial charge is 0.479 e. The molecule has 12 heteroatoms. The molecular formula is C25H17ClF6N2O3. The summed E-state index contributed by atoms with van der Waals surface area (Å²) >= 11 is 6.03. The second kappa shape index (κ2) is 9.62. The van der Waals surface area contributed by atoms with Gasteiger partial charge < -0.3 is 15.0 Å². The summed E-state index contributed by atoms with van der Waals surface area (Å²) in [7, 11) is 0. The monoisotopic (exact) mass is 542 g/mol. The van der Waals surface area contributed by atoms with E-state index in [2.05, 4.69) is 5.32 Å². The van der Waals surface area contributed by atoms with Gasteiger partial charge in [-0.25, -0.2) is 0 Å². The van der Waals surface area contributed by atoms with Crippen LogP contribution in [0.25, 0.3) is 0 Å². The Kier molecular flexibility index (Phi) is 6.85. The zero-order valence-electron chi connectivity index (χ0n) is 18.9. The topological polar surface area (TPSA) is 58.6 Å². The fraction of sp³-hybridized carbons (Fsp3) is 0.200. The van der Waals surface area contributed by atoms with Crippen LogP contribution in [0, 0.1) is 0 Å². The van der Waals surface area contributed by atoms with E-state index in [0.717, 1.165) is 0 Å². The summed E-state index contributed by atoms with van der Waals surface area (Å²) in [6, 6.07) is 11.5. The maximum atomic E-state index is 13.2. The van der Waals surface area contributed by atoms with E-state index in [1.54, 1.807) is 31.2 Å². The molecule has 2 amide bonds. The average molecular weight is 543 g/mol. The van der Waals surface area contributed by atoms with Gasteiger partial charge in [-0.1, -0.05) is 23.7 Å². The number of hydrogen-bond donors (Lipinski definition) is 1. The van der Waals surface area contributed by atoms with Crippen LogP contribution in [0.3, 0.4) is 0 Å². The number of benzene rings is 3. The van der Waals surface area contributed by atoms with Gasteiger partial charge in [-0.05, 0) is 61.0 Å². The Morgan fingerprint density at radius 3 is 2.22 bits per heavy atom. The molecule has 0 fully saturated rings. The van der Waals surface area contributed by atoms with Crippen LogP contribution >= 0.6 is 11.6 Å². The average Bonchev–Trinajstić information content (AvgIpc) is 2.81. The predicted molar refractivity (Wildman–Crippen MR) is 124 cm³/mol. The van der Waals surface area contributed by atoms with E-state index >= 15 is 0 Å². The van der Waals surface area contributed by atoms with Crippen LogP contribution in [0.1, 0.15) is 34.0 Å². The van der Waals surface area contributed by atoms with Gasteiger partial charge in [0.05, 0.1) is 23.4 Å². The molecule has 1 heterocycles. The number of nitrogens with one attached hydrogen (secondary N) is 1. The molecular weight excluding hydrogens is 526 g/mol. The number of fused-ring (bicyclic) bond motifs is 1. The number of rotatable bonds is 4. The smallest absolute Gasteiger partial charge is 0.416 e. The van der Waals surface area contributed by atoms with Crippen LogP contribution < -0.4 is 15.0 Å². The Morgan fingerprint density at radius 2 is 1.62 bits per heavy atom. The fourth-order valence-corrected chi connectivity index (χ4v) is 3.97. The van der Waals surface area contributed by atoms with Gasteiger partial charge in [-0.3, -0.25) is 9.59 Å². The third kappa shape index (κ3) is 5.82. The number of anilines is 2. The first kappa shape index (κ1) is 26.3. The molecule has 0 aliphatic carbocycles. The molecule has 0 aromatic heterocycles. The van der Waals surface area contributed by atoms with Gasteiger partial charge in [0.2, 0.25) is 0 Å². The van der Waals surface area contributed by atoms with Crippen molar-refractivity contribution in [3.63, 3.8) is 0 Å². The van der Waals surface area contributed by atoms with Crippen molar-refractivity contribution in [3.8, 4) is 5.75 Å². The van der Waals surface area contributed by atoms with E-state index < -0.39 is 47.0 Å². The van der Waals surface area contributed by atoms with Gasteiger partial charge in [0.25, 0.3) is 11.8 Å². The zero-order chi connectivity index (χ0) is 27.1. The highest BCUT2D eigenvalue weighted by Crippen LogP contribution is 2.39. The Bertz CT molecular complexity index is 1340. The summed E-state index contributed by atoms with van der Waals surface area (Å²) in [5, 5.41) is 2.75. The van der Waals surface area contributed by atoms with Crippen molar-refractivity contribution in [3.05, 3.63) is 87.9 Å². The van der Waals surface area contributed by atoms with Crippen LogP contribution in [0.2, 0.25) is 5.02 Å². The van der Waals surface area contributed by atoms with Crippen LogP contribution in [-0.2, 0) is 23.7 Å². The Labute approximate surface area is 211 Å². The molecule has 194 valence electrons. The first-order valence-corrected chi connectivity index (χ1v) is 11.1. The first-order chi connectivity index (χ1) is 17.2. The quantitative estimate of drug-likeness (QED) is 0.363. The predicted octanol–water partition coefficient (Wildman–Crippen LogP) is 6.94. The second-order valence-corrected chi connectivity index (χ2v) is 8.68. The van der Waals surface area contributed by atoms with E-state index in [1.165, 1.54) is 23.1 Å². The molecule has 1 aliphatic heterocycles. The number of ether oxygens (including phenoxy) is 1. The number of halogens is 7. The summed E-state index contributed by atoms with van der Waals surface area (Å²) in [5.74, 6) is -1.30. The lowest BCUT2D eigenvalue weighted by atomic mass is 10.0. The molecule has 3 aromatic carbocycles. The number of hydrogen-bond acceptors (Lipinski definition) is 3. The van der Waals surface area contributed by atoms with Crippen molar-refractivity contribution < 1.29 is 40.7 Å². The number of alkyl halides is 6. The van der Waals surface area contributed by atoms with Gasteiger partial charge in [-0.2, -0.15) is 26.3 Å². The Hall–Kier alpha value is -3.73. The maximum absolute atomic E-state index is 13.2. The van der Waals surface area contributed by atoms with Crippen LogP contribution in [0.4, 0.5) is 37.7 Å². The Balaban J connectivity index is 1.67. The van der Waals surface area contributed by atoms with E-state index in [-0.39, 0.29) is 24.0 Å². The molecule has 37 heavy (non-hydrogen) atoms. The molecule has 0 saturated carbocycles. The van der Waals surface area contributed by atoms with E-state index in [9.17, 15) is 35.9 Å². The van der Waals surface area contributed by atoms with E-state index in [0.29, 0.717) is 28.5 Å². The summed E-state index contributed by atoms with van der Waals surface area (Å²) < 4.78 is 84.6. The van der Waals surface area contributed by atoms with Crippen LogP contribution in [0.15, 0.2) is 60.7 Å². The molecule has 1 N–H and O–H groups in total. The normalized spacial score (nSPS) is 15.7. The van der Waals surface area contributed by atoms with Gasteiger partial charge >= 0.3 is 12.4 Å². The fourth-order valence-electron chi connectivity index (χ4n) is 3.76. The van der Waals surface area contributed by atoms with Gasteiger partial charge in [0, 0.05) is 16.3 Å². The minimum atomic E-state index is -5.10. The molecule has 0 saturated heterocycles. The number of carbonyl (C=O) groups is 2. The highest BCUT2D eigenvalue weighted by atomic mass is 35.5. The molecule has 3 aromatic rings. The van der Waals surface area contributed by atoms with E-state index in [1.807, 2.05) is 0 Å². The molecule has 1 aliphatic rings. The molecule has 4 rings (SSSR count). The molecule has 0 radical (unpaired) electrons. The highest BCUT2D eigenvalue weighted by Gasteiger charge is 2.38. The van der Waals surface area contributed by atoms with Crippen molar-refractivity contribution in [2.24, 2.45) is 0 Å². The summed E-state index contributed by atoms with van der Waals surface area (Å²) in [6.07, 6.45) is -11.0. The summed E-state index contributed by atoms with van der Waals surface area (Å²) in [5.41, 5.74) is -3.09. The third-order valence-corrected chi connectivity index (χ3v) is 5.74. The lowest BCUT2D eigenvalue weighted by Gasteiger charge is -2.33. The van der Waals surface area contributed by atoms with Crippen molar-refractivity contribution in [1.29, 1.82) is 0 Å². The number of amides is 2. The standard InChI is InChI=1S/C25H17ClF6N2O3/c1-13-23(36)34(12-14-3-2-4-18(26)7-14)20-11-19(5-6-21(20)37-13)33-22(35)15-8-16(24(27,28)29)10-17(9-15)25(30,31)32/h2-11,13H,12H2,1H3,(H,33,35). The molecule has 0 bridgehead atoms. The summed E-state index contributed by atoms with van der Waals surface area (Å²) in [4.78, 5) is 26.9. The third-order valence-electron chi connectivity index (χ3n) is 5.50. The van der Waals surface area contributed by atoms with Crippen LogP contribution in [0.5, 0.6) is 5.75 Å². The van der Waals surface area contributed by atoms with Gasteiger partial charge in [0.15, 0.2) is 6.10 Å². The second-order valence-electron chi connectivity index (χ2n) is 8.25. The molecule has 1 unspecified atom stereocenters.